The van der Waals surface area contributed by atoms with E-state index >= 15 is 0 Å². The summed E-state index contributed by atoms with van der Waals surface area (Å²) in [6.45, 7) is 9.08. The zero-order valence-electron chi connectivity index (χ0n) is 16.7. The quantitative estimate of drug-likeness (QED) is 0.764. The van der Waals surface area contributed by atoms with E-state index < -0.39 is 5.97 Å². The Balaban J connectivity index is 1.84. The summed E-state index contributed by atoms with van der Waals surface area (Å²) in [5.74, 6) is -0.610. The fourth-order valence-corrected chi connectivity index (χ4v) is 3.75. The fraction of sp³-hybridized carbons (Fsp3) is 0.391. The lowest BCUT2D eigenvalue weighted by molar-refractivity contribution is 0.0600. The number of hydrogen-bond acceptors (Lipinski definition) is 3. The molecule has 0 radical (unpaired) electrons. The van der Waals surface area contributed by atoms with Crippen LogP contribution in [0.1, 0.15) is 72.4 Å². The van der Waals surface area contributed by atoms with Crippen LogP contribution < -0.4 is 5.32 Å². The minimum absolute atomic E-state index is 0.0910. The maximum absolute atomic E-state index is 12.6. The molecule has 0 spiro atoms. The van der Waals surface area contributed by atoms with E-state index in [0.717, 1.165) is 18.5 Å². The van der Waals surface area contributed by atoms with Gasteiger partial charge in [-0.1, -0.05) is 33.8 Å². The second kappa shape index (κ2) is 6.84. The molecule has 1 amide bonds. The van der Waals surface area contributed by atoms with Crippen molar-refractivity contribution in [1.29, 1.82) is 0 Å². The highest BCUT2D eigenvalue weighted by Crippen LogP contribution is 2.46. The van der Waals surface area contributed by atoms with Crippen molar-refractivity contribution in [1.82, 2.24) is 0 Å². The van der Waals surface area contributed by atoms with Gasteiger partial charge in [0.1, 0.15) is 0 Å². The molecule has 0 aliphatic heterocycles. The van der Waals surface area contributed by atoms with E-state index in [1.807, 2.05) is 6.07 Å². The van der Waals surface area contributed by atoms with Crippen LogP contribution in [0.4, 0.5) is 5.69 Å². The van der Waals surface area contributed by atoms with Gasteiger partial charge in [0.05, 0.1) is 12.7 Å². The molecule has 1 N–H and O–H groups in total. The predicted molar refractivity (Wildman–Crippen MR) is 107 cm³/mol. The molecular weight excluding hydrogens is 346 g/mol. The molecule has 0 saturated heterocycles. The molecule has 3 rings (SSSR count). The summed E-state index contributed by atoms with van der Waals surface area (Å²) < 4.78 is 4.68. The van der Waals surface area contributed by atoms with Crippen molar-refractivity contribution in [3.05, 3.63) is 64.7 Å². The number of anilines is 1. The molecule has 2 aromatic carbocycles. The van der Waals surface area contributed by atoms with Crippen molar-refractivity contribution in [2.75, 3.05) is 12.4 Å². The van der Waals surface area contributed by atoms with Gasteiger partial charge in [0, 0.05) is 11.3 Å². The number of esters is 1. The van der Waals surface area contributed by atoms with Crippen molar-refractivity contribution in [2.45, 2.75) is 51.4 Å². The number of benzene rings is 2. The summed E-state index contributed by atoms with van der Waals surface area (Å²) >= 11 is 0. The maximum Gasteiger partial charge on any atom is 0.337 e. The van der Waals surface area contributed by atoms with E-state index in [4.69, 9.17) is 0 Å². The molecule has 142 valence electrons. The zero-order chi connectivity index (χ0) is 19.8. The summed E-state index contributed by atoms with van der Waals surface area (Å²) in [7, 11) is 1.34. The highest BCUT2D eigenvalue weighted by atomic mass is 16.5. The van der Waals surface area contributed by atoms with Gasteiger partial charge in [0.2, 0.25) is 0 Å². The van der Waals surface area contributed by atoms with Gasteiger partial charge in [-0.3, -0.25) is 4.79 Å². The summed E-state index contributed by atoms with van der Waals surface area (Å²) in [5.41, 5.74) is 4.62. The van der Waals surface area contributed by atoms with Crippen molar-refractivity contribution in [3.63, 3.8) is 0 Å². The number of fused-ring (bicyclic) bond motifs is 1. The number of rotatable bonds is 3. The summed E-state index contributed by atoms with van der Waals surface area (Å²) in [6.07, 6.45) is 2.28. The molecular formula is C23H27NO3. The number of amides is 1. The lowest BCUT2D eigenvalue weighted by atomic mass is 9.77. The molecule has 2 aromatic rings. The second-order valence-electron chi connectivity index (χ2n) is 8.55. The normalized spacial score (nSPS) is 16.9. The summed E-state index contributed by atoms with van der Waals surface area (Å²) in [6, 6.07) is 12.7. The van der Waals surface area contributed by atoms with Gasteiger partial charge >= 0.3 is 5.97 Å². The molecule has 0 heterocycles. The van der Waals surface area contributed by atoms with E-state index in [9.17, 15) is 9.59 Å². The van der Waals surface area contributed by atoms with Crippen molar-refractivity contribution in [2.24, 2.45) is 0 Å². The maximum atomic E-state index is 12.6. The Morgan fingerprint density at radius 1 is 0.889 bits per heavy atom. The Hall–Kier alpha value is -2.62. The third-order valence-corrected chi connectivity index (χ3v) is 5.68. The Kier molecular flexibility index (Phi) is 4.85. The van der Waals surface area contributed by atoms with Crippen LogP contribution in [-0.4, -0.2) is 19.0 Å². The standard InChI is InChI=1S/C23H27NO3/c1-22(2)12-13-23(3,4)19-14-17(10-11-18(19)22)24-20(25)15-6-8-16(9-7-15)21(26)27-5/h6-11,14H,12-13H2,1-5H3,(H,24,25)/i1+2,2+2,3+2,4+2. The van der Waals surface area contributed by atoms with Crippen LogP contribution in [0.5, 0.6) is 0 Å². The van der Waals surface area contributed by atoms with Crippen LogP contribution in [0.15, 0.2) is 42.5 Å². The van der Waals surface area contributed by atoms with Gasteiger partial charge < -0.3 is 10.1 Å². The van der Waals surface area contributed by atoms with Gasteiger partial charge in [0.15, 0.2) is 0 Å². The first-order chi connectivity index (χ1) is 12.6. The van der Waals surface area contributed by atoms with Gasteiger partial charge in [-0.2, -0.15) is 0 Å². The molecule has 0 saturated carbocycles. The first-order valence-corrected chi connectivity index (χ1v) is 9.29. The number of carbonyl (C=O) groups is 2. The monoisotopic (exact) mass is 373 g/mol. The highest BCUT2D eigenvalue weighted by molar-refractivity contribution is 6.04. The van der Waals surface area contributed by atoms with Gasteiger partial charge in [0.25, 0.3) is 5.91 Å². The van der Waals surface area contributed by atoms with Crippen LogP contribution in [-0.2, 0) is 15.6 Å². The van der Waals surface area contributed by atoms with Gasteiger partial charge in [-0.05, 0) is 71.2 Å². The molecule has 1 aliphatic carbocycles. The smallest absolute Gasteiger partial charge is 0.337 e. The van der Waals surface area contributed by atoms with E-state index in [2.05, 4.69) is 49.9 Å². The molecule has 0 aromatic heterocycles. The molecule has 27 heavy (non-hydrogen) atoms. The molecule has 0 atom stereocenters. The zero-order valence-corrected chi connectivity index (χ0v) is 16.7. The SMILES string of the molecule is COC(=O)c1ccc(C(=O)Nc2ccc3c(c2)C([14CH3])([14CH3])CCC3([14CH3])[14CH3])cc1. The molecule has 1 aliphatic rings. The molecule has 0 fully saturated rings. The third-order valence-electron chi connectivity index (χ3n) is 5.68. The van der Waals surface area contributed by atoms with Crippen molar-refractivity contribution < 1.29 is 14.3 Å². The lowest BCUT2D eigenvalue weighted by Gasteiger charge is -2.42. The second-order valence-corrected chi connectivity index (χ2v) is 8.55. The third kappa shape index (κ3) is 3.75. The predicted octanol–water partition coefficient (Wildman–Crippen LogP) is 5.07. The topological polar surface area (TPSA) is 55.4 Å². The minimum Gasteiger partial charge on any atom is -0.465 e. The van der Waals surface area contributed by atoms with Crippen LogP contribution in [0.2, 0.25) is 0 Å². The fourth-order valence-electron chi connectivity index (χ4n) is 3.75. The van der Waals surface area contributed by atoms with Gasteiger partial charge in [-0.15, -0.1) is 0 Å². The van der Waals surface area contributed by atoms with E-state index in [1.165, 1.54) is 18.2 Å². The van der Waals surface area contributed by atoms with Crippen LogP contribution in [0.3, 0.4) is 0 Å². The number of nitrogens with one attached hydrogen (secondary N) is 1. The Labute approximate surface area is 160 Å². The van der Waals surface area contributed by atoms with Crippen molar-refractivity contribution in [3.8, 4) is 0 Å². The molecule has 4 nitrogen and oxygen atoms in total. The van der Waals surface area contributed by atoms with E-state index in [0.29, 0.717) is 11.1 Å². The molecule has 0 unspecified atom stereocenters. The van der Waals surface area contributed by atoms with Crippen LogP contribution in [0.25, 0.3) is 0 Å². The van der Waals surface area contributed by atoms with E-state index in [1.54, 1.807) is 24.3 Å². The summed E-state index contributed by atoms with van der Waals surface area (Å²) in [5, 5.41) is 2.98. The summed E-state index contributed by atoms with van der Waals surface area (Å²) in [4.78, 5) is 24.1. The van der Waals surface area contributed by atoms with Gasteiger partial charge in [-0.25, -0.2) is 4.79 Å². The van der Waals surface area contributed by atoms with Crippen LogP contribution in [0, 0.1) is 0 Å². The average Bonchev–Trinajstić information content (AvgIpc) is 2.65. The lowest BCUT2D eigenvalue weighted by Crippen LogP contribution is -2.33. The first kappa shape index (κ1) is 19.2. The molecule has 4 heteroatoms. The van der Waals surface area contributed by atoms with Crippen molar-refractivity contribution >= 4 is 17.6 Å². The van der Waals surface area contributed by atoms with Crippen LogP contribution >= 0.6 is 0 Å². The highest BCUT2D eigenvalue weighted by Gasteiger charge is 2.37. The number of carbonyl (C=O) groups excluding carboxylic acids is 2. The molecule has 0 bridgehead atoms. The largest absolute Gasteiger partial charge is 0.465 e. The number of hydrogen-bond donors (Lipinski definition) is 1. The number of ether oxygens (including phenoxy) is 1. The minimum atomic E-state index is -0.415. The van der Waals surface area contributed by atoms with E-state index in [-0.39, 0.29) is 16.7 Å². The first-order valence-electron chi connectivity index (χ1n) is 9.29. The Morgan fingerprint density at radius 2 is 1.44 bits per heavy atom. The Morgan fingerprint density at radius 3 is 2.04 bits per heavy atom. The number of methoxy groups -OCH3 is 1. The Bertz CT molecular complexity index is 879. The average molecular weight is 373 g/mol.